The first-order valence-electron chi connectivity index (χ1n) is 9.83. The van der Waals surface area contributed by atoms with Crippen molar-refractivity contribution >= 4 is 56.1 Å². The Kier molecular flexibility index (Phi) is 5.23. The average molecular weight is 455 g/mol. The molecule has 4 nitrogen and oxygen atoms in total. The molecule has 0 unspecified atom stereocenters. The van der Waals surface area contributed by atoms with Crippen LogP contribution < -0.4 is 10.5 Å². The first kappa shape index (κ1) is 19.5. The largest absolute Gasteiger partial charge is 0.422 e. The minimum Gasteiger partial charge on any atom is -0.422 e. The minimum atomic E-state index is -0.456. The van der Waals surface area contributed by atoms with Gasteiger partial charge >= 0.3 is 5.97 Å². The van der Waals surface area contributed by atoms with Crippen molar-refractivity contribution < 1.29 is 9.53 Å². The molecule has 0 radical (unpaired) electrons. The molecule has 7 heteroatoms. The van der Waals surface area contributed by atoms with Crippen molar-refractivity contribution in [1.82, 2.24) is 4.98 Å². The lowest BCUT2D eigenvalue weighted by Gasteiger charge is -2.20. The molecular formula is C23H19ClN2O2S2. The number of nitrogen functional groups attached to an aromatic ring is 1. The number of hydrogen-bond acceptors (Lipinski definition) is 6. The molecule has 0 fully saturated rings. The van der Waals surface area contributed by atoms with E-state index in [1.54, 1.807) is 35.6 Å². The number of nitrogens with two attached hydrogens (primary N) is 1. The number of hydrogen-bond donors (Lipinski definition) is 1. The van der Waals surface area contributed by atoms with Gasteiger partial charge in [-0.2, -0.15) is 0 Å². The van der Waals surface area contributed by atoms with Gasteiger partial charge in [-0.05, 0) is 72.5 Å². The zero-order chi connectivity index (χ0) is 20.7. The van der Waals surface area contributed by atoms with Crippen molar-refractivity contribution in [3.63, 3.8) is 0 Å². The molecule has 5 rings (SSSR count). The minimum absolute atomic E-state index is 0.411. The maximum atomic E-state index is 12.8. The van der Waals surface area contributed by atoms with E-state index in [4.69, 9.17) is 27.1 Å². The van der Waals surface area contributed by atoms with Crippen molar-refractivity contribution in [1.29, 1.82) is 0 Å². The summed E-state index contributed by atoms with van der Waals surface area (Å²) in [5.74, 6) is -0.0168. The Morgan fingerprint density at radius 3 is 2.63 bits per heavy atom. The fourth-order valence-electron chi connectivity index (χ4n) is 4.02. The zero-order valence-corrected chi connectivity index (χ0v) is 18.5. The van der Waals surface area contributed by atoms with E-state index in [0.717, 1.165) is 48.0 Å². The quantitative estimate of drug-likeness (QED) is 0.291. The summed E-state index contributed by atoms with van der Waals surface area (Å²) in [5, 5.41) is 3.62. The lowest BCUT2D eigenvalue weighted by molar-refractivity contribution is 0.0741. The summed E-state index contributed by atoms with van der Waals surface area (Å²) in [6.45, 7) is 0. The Hall–Kier alpha value is -2.41. The average Bonchev–Trinajstić information content (AvgIpc) is 3.38. The number of carbonyl (C=O) groups is 1. The number of pyridine rings is 1. The molecule has 30 heavy (non-hydrogen) atoms. The fraction of sp³-hybridized carbons (Fsp3) is 0.217. The number of nitrogens with zero attached hydrogens (tertiary/aromatic N) is 1. The number of anilines is 1. The molecule has 3 heterocycles. The molecule has 0 aliphatic heterocycles. The molecule has 0 atom stereocenters. The molecular weight excluding hydrogens is 436 g/mol. The number of esters is 1. The summed E-state index contributed by atoms with van der Waals surface area (Å²) in [6, 6.07) is 10.9. The number of rotatable bonds is 4. The molecule has 1 aromatic carbocycles. The van der Waals surface area contributed by atoms with E-state index in [1.807, 2.05) is 0 Å². The molecule has 0 spiro atoms. The van der Waals surface area contributed by atoms with Crippen molar-refractivity contribution in [2.75, 3.05) is 5.73 Å². The van der Waals surface area contributed by atoms with Crippen molar-refractivity contribution in [2.45, 2.75) is 32.1 Å². The highest BCUT2D eigenvalue weighted by molar-refractivity contribution is 7.21. The van der Waals surface area contributed by atoms with Crippen LogP contribution in [0.3, 0.4) is 0 Å². The summed E-state index contributed by atoms with van der Waals surface area (Å²) >= 11 is 8.98. The van der Waals surface area contributed by atoms with Crippen LogP contribution in [-0.2, 0) is 19.3 Å². The third kappa shape index (κ3) is 3.60. The number of fused-ring (bicyclic) bond motifs is 3. The number of benzene rings is 1. The molecule has 0 saturated carbocycles. The van der Waals surface area contributed by atoms with Gasteiger partial charge in [0.05, 0.1) is 11.4 Å². The van der Waals surface area contributed by atoms with Gasteiger partial charge in [-0.15, -0.1) is 22.7 Å². The van der Waals surface area contributed by atoms with Gasteiger partial charge in [0, 0.05) is 21.7 Å². The topological polar surface area (TPSA) is 65.2 Å². The number of aryl methyl sites for hydroxylation is 1. The molecule has 0 saturated heterocycles. The van der Waals surface area contributed by atoms with Gasteiger partial charge < -0.3 is 10.5 Å². The third-order valence-corrected chi connectivity index (χ3v) is 7.62. The van der Waals surface area contributed by atoms with Gasteiger partial charge in [0.15, 0.2) is 0 Å². The highest BCUT2D eigenvalue weighted by Gasteiger charge is 2.26. The first-order chi connectivity index (χ1) is 14.6. The number of aromatic nitrogens is 1. The van der Waals surface area contributed by atoms with Gasteiger partial charge in [0.2, 0.25) is 0 Å². The number of carbonyl (C=O) groups excluding carboxylic acids is 1. The second-order valence-corrected chi connectivity index (χ2v) is 9.82. The Bertz CT molecular complexity index is 1230. The Morgan fingerprint density at radius 2 is 1.90 bits per heavy atom. The normalized spacial score (nSPS) is 13.4. The van der Waals surface area contributed by atoms with Crippen LogP contribution in [0.4, 0.5) is 5.69 Å². The fourth-order valence-corrected chi connectivity index (χ4v) is 5.88. The molecule has 3 aromatic heterocycles. The monoisotopic (exact) mass is 454 g/mol. The van der Waals surface area contributed by atoms with Gasteiger partial charge in [-0.25, -0.2) is 9.78 Å². The number of ether oxygens (including phenoxy) is 1. The van der Waals surface area contributed by atoms with Gasteiger partial charge in [-0.3, -0.25) is 0 Å². The van der Waals surface area contributed by atoms with Gasteiger partial charge in [0.1, 0.15) is 15.5 Å². The van der Waals surface area contributed by atoms with Crippen LogP contribution in [0, 0.1) is 0 Å². The van der Waals surface area contributed by atoms with Crippen LogP contribution in [0.15, 0.2) is 41.8 Å². The van der Waals surface area contributed by atoms with Crippen molar-refractivity contribution in [3.8, 4) is 5.75 Å². The Balaban J connectivity index is 1.57. The second-order valence-electron chi connectivity index (χ2n) is 7.35. The standard InChI is InChI=1S/C23H19ClN2O2S2/c24-13-7-9-14(10-8-13)28-23(27)21-20(25)19-17-6-2-1-5-16(17)18(26-22(19)30-21)12-15-4-3-11-29-15/h3-4,7-11H,1-2,5-6,12,25H2. The first-order valence-corrected chi connectivity index (χ1v) is 11.9. The molecule has 152 valence electrons. The lowest BCUT2D eigenvalue weighted by Crippen LogP contribution is -2.11. The summed E-state index contributed by atoms with van der Waals surface area (Å²) in [6.07, 6.45) is 5.09. The predicted octanol–water partition coefficient (Wildman–Crippen LogP) is 6.28. The third-order valence-electron chi connectivity index (χ3n) is 5.41. The summed E-state index contributed by atoms with van der Waals surface area (Å²) < 4.78 is 5.53. The van der Waals surface area contributed by atoms with Crippen molar-refractivity contribution in [2.24, 2.45) is 0 Å². The van der Waals surface area contributed by atoms with E-state index < -0.39 is 5.97 Å². The van der Waals surface area contributed by atoms with Gasteiger partial charge in [0.25, 0.3) is 0 Å². The summed E-state index contributed by atoms with van der Waals surface area (Å²) in [4.78, 5) is 20.3. The van der Waals surface area contributed by atoms with E-state index in [9.17, 15) is 4.79 Å². The van der Waals surface area contributed by atoms with Gasteiger partial charge in [-0.1, -0.05) is 17.7 Å². The van der Waals surface area contributed by atoms with Crippen LogP contribution in [0.25, 0.3) is 10.2 Å². The molecule has 1 aliphatic carbocycles. The number of halogens is 1. The molecule has 0 amide bonds. The van der Waals surface area contributed by atoms with Crippen molar-refractivity contribution in [3.05, 3.63) is 73.4 Å². The van der Waals surface area contributed by atoms with E-state index in [0.29, 0.717) is 21.3 Å². The summed E-state index contributed by atoms with van der Waals surface area (Å²) in [7, 11) is 0. The van der Waals surface area contributed by atoms with Crippen LogP contribution in [0.2, 0.25) is 5.02 Å². The van der Waals surface area contributed by atoms with Crippen LogP contribution in [-0.4, -0.2) is 11.0 Å². The van der Waals surface area contributed by atoms with E-state index in [-0.39, 0.29) is 0 Å². The van der Waals surface area contributed by atoms with Crippen LogP contribution in [0.1, 0.15) is 44.2 Å². The smallest absolute Gasteiger partial charge is 0.355 e. The Morgan fingerprint density at radius 1 is 1.13 bits per heavy atom. The molecule has 1 aliphatic rings. The predicted molar refractivity (Wildman–Crippen MR) is 124 cm³/mol. The summed E-state index contributed by atoms with van der Waals surface area (Å²) in [5.41, 5.74) is 10.6. The molecule has 0 bridgehead atoms. The lowest BCUT2D eigenvalue weighted by atomic mass is 9.88. The zero-order valence-electron chi connectivity index (χ0n) is 16.1. The number of thiophene rings is 2. The van der Waals surface area contributed by atoms with Crippen LogP contribution in [0.5, 0.6) is 5.75 Å². The van der Waals surface area contributed by atoms with E-state index in [1.165, 1.54) is 27.3 Å². The van der Waals surface area contributed by atoms with Crippen LogP contribution >= 0.6 is 34.3 Å². The van der Waals surface area contributed by atoms with E-state index >= 15 is 0 Å². The highest BCUT2D eigenvalue weighted by atomic mass is 35.5. The maximum absolute atomic E-state index is 12.8. The highest BCUT2D eigenvalue weighted by Crippen LogP contribution is 2.40. The van der Waals surface area contributed by atoms with E-state index in [2.05, 4.69) is 17.5 Å². The molecule has 4 aromatic rings. The molecule has 2 N–H and O–H groups in total. The maximum Gasteiger partial charge on any atom is 0.355 e. The second kappa shape index (κ2) is 8.02. The SMILES string of the molecule is Nc1c(C(=O)Oc2ccc(Cl)cc2)sc2nc(Cc3cccs3)c3c(c12)CCCC3. The Labute approximate surface area is 187 Å².